The van der Waals surface area contributed by atoms with E-state index in [1.165, 1.54) is 0 Å². The fraction of sp³-hybridized carbons (Fsp3) is 0.644. The second-order valence-electron chi connectivity index (χ2n) is 16.7. The number of ketones is 2. The van der Waals surface area contributed by atoms with Crippen molar-refractivity contribution in [3.05, 3.63) is 71.8 Å². The molecule has 0 saturated carbocycles. The minimum Gasteiger partial charge on any atom is -0.444 e. The number of aliphatic hydroxyl groups is 2. The van der Waals surface area contributed by atoms with Crippen LogP contribution in [-0.2, 0) is 28.6 Å². The molecule has 2 heterocycles. The number of hydrogen-bond acceptors (Lipinski definition) is 10. The molecule has 0 spiro atoms. The SMILES string of the molecule is CO[C@@H]([C@@H]1CCCN1)[C@@H](C)C(=O)C[C@H](C)[C@@H](O)c1ccccc1.CO[C@H]([C@@H](C)C(=O)C[C@H](C)[C@@H](O)c1ccccc1)[C@@H]1CCCN1C(=O)OC(C)(C)C.O=CC(F)(F)F. The fourth-order valence-corrected chi connectivity index (χ4v) is 7.64. The predicted octanol–water partition coefficient (Wildman–Crippen LogP) is 7.83. The topological polar surface area (TPSA) is 152 Å². The number of carbonyl (C=O) groups is 4. The van der Waals surface area contributed by atoms with Gasteiger partial charge in [-0.2, -0.15) is 13.2 Å². The molecule has 332 valence electrons. The van der Waals surface area contributed by atoms with Crippen molar-refractivity contribution in [2.24, 2.45) is 23.7 Å². The predicted molar refractivity (Wildman–Crippen MR) is 219 cm³/mol. The number of amides is 1. The number of carbonyl (C=O) groups excluding carboxylic acids is 4. The van der Waals surface area contributed by atoms with Crippen LogP contribution >= 0.6 is 0 Å². The number of hydrogen-bond donors (Lipinski definition) is 3. The number of nitrogens with one attached hydrogen (secondary N) is 1. The summed E-state index contributed by atoms with van der Waals surface area (Å²) in [6.45, 7) is 14.7. The number of aldehydes is 1. The molecule has 59 heavy (non-hydrogen) atoms. The van der Waals surface area contributed by atoms with Crippen molar-refractivity contribution in [2.45, 2.75) is 135 Å². The summed E-state index contributed by atoms with van der Waals surface area (Å²) in [5.74, 6) is -0.699. The molecule has 14 heteroatoms. The molecular formula is C45H67F3N2O9. The maximum absolute atomic E-state index is 13.0. The summed E-state index contributed by atoms with van der Waals surface area (Å²) in [6, 6.07) is 19.0. The van der Waals surface area contributed by atoms with Gasteiger partial charge in [-0.05, 0) is 76.0 Å². The van der Waals surface area contributed by atoms with Gasteiger partial charge >= 0.3 is 12.3 Å². The van der Waals surface area contributed by atoms with E-state index in [2.05, 4.69) is 5.32 Å². The van der Waals surface area contributed by atoms with E-state index < -0.39 is 42.3 Å². The first-order chi connectivity index (χ1) is 27.6. The van der Waals surface area contributed by atoms with Gasteiger partial charge in [0.1, 0.15) is 17.2 Å². The highest BCUT2D eigenvalue weighted by Gasteiger charge is 2.41. The average molecular weight is 837 g/mol. The number of benzene rings is 2. The normalized spacial score (nSPS) is 20.9. The molecule has 11 nitrogen and oxygen atoms in total. The lowest BCUT2D eigenvalue weighted by Crippen LogP contribution is -2.49. The second kappa shape index (κ2) is 24.5. The molecule has 0 bridgehead atoms. The van der Waals surface area contributed by atoms with Crippen molar-refractivity contribution in [1.82, 2.24) is 10.2 Å². The summed E-state index contributed by atoms with van der Waals surface area (Å²) >= 11 is 0. The summed E-state index contributed by atoms with van der Waals surface area (Å²) in [7, 11) is 3.26. The Labute approximate surface area is 348 Å². The van der Waals surface area contributed by atoms with E-state index in [1.54, 1.807) is 19.1 Å². The van der Waals surface area contributed by atoms with Crippen LogP contribution in [0.15, 0.2) is 60.7 Å². The molecule has 3 N–H and O–H groups in total. The van der Waals surface area contributed by atoms with Crippen molar-refractivity contribution in [3.63, 3.8) is 0 Å². The molecule has 2 saturated heterocycles. The van der Waals surface area contributed by atoms with Gasteiger partial charge in [-0.1, -0.05) is 88.4 Å². The van der Waals surface area contributed by atoms with Crippen LogP contribution in [0.5, 0.6) is 0 Å². The van der Waals surface area contributed by atoms with Gasteiger partial charge in [0.15, 0.2) is 0 Å². The highest BCUT2D eigenvalue weighted by molar-refractivity contribution is 5.82. The summed E-state index contributed by atoms with van der Waals surface area (Å²) in [5.41, 5.74) is 1.10. The van der Waals surface area contributed by atoms with Gasteiger partial charge in [0.2, 0.25) is 6.29 Å². The lowest BCUT2D eigenvalue weighted by molar-refractivity contribution is -0.156. The Morgan fingerprint density at radius 3 is 1.59 bits per heavy atom. The van der Waals surface area contributed by atoms with Crippen LogP contribution in [0.2, 0.25) is 0 Å². The van der Waals surface area contributed by atoms with E-state index in [0.29, 0.717) is 13.0 Å². The number of ether oxygens (including phenoxy) is 3. The van der Waals surface area contributed by atoms with E-state index in [-0.39, 0.29) is 60.0 Å². The molecule has 2 fully saturated rings. The Morgan fingerprint density at radius 2 is 1.22 bits per heavy atom. The Morgan fingerprint density at radius 1 is 0.780 bits per heavy atom. The number of likely N-dealkylation sites (tertiary alicyclic amines) is 1. The van der Waals surface area contributed by atoms with Gasteiger partial charge in [-0.15, -0.1) is 0 Å². The highest BCUT2D eigenvalue weighted by atomic mass is 19.4. The average Bonchev–Trinajstić information content (AvgIpc) is 3.92. The number of Topliss-reactive ketones (excluding diaryl/α,β-unsaturated/α-hetero) is 2. The molecule has 2 aromatic carbocycles. The van der Waals surface area contributed by atoms with E-state index in [4.69, 9.17) is 19.0 Å². The maximum atomic E-state index is 13.0. The Balaban J connectivity index is 0.000000366. The maximum Gasteiger partial charge on any atom is 0.446 e. The van der Waals surface area contributed by atoms with Gasteiger partial charge in [0, 0.05) is 51.5 Å². The van der Waals surface area contributed by atoms with E-state index >= 15 is 0 Å². The van der Waals surface area contributed by atoms with Crippen molar-refractivity contribution >= 4 is 23.9 Å². The van der Waals surface area contributed by atoms with E-state index in [9.17, 15) is 37.8 Å². The summed E-state index contributed by atoms with van der Waals surface area (Å²) in [5, 5.41) is 24.4. The molecule has 1 amide bonds. The molecular weight excluding hydrogens is 769 g/mol. The Kier molecular flexibility index (Phi) is 21.4. The number of aliphatic hydroxyl groups excluding tert-OH is 2. The molecule has 0 unspecified atom stereocenters. The zero-order chi connectivity index (χ0) is 44.5. The first-order valence-electron chi connectivity index (χ1n) is 20.5. The van der Waals surface area contributed by atoms with Crippen LogP contribution in [0.4, 0.5) is 18.0 Å². The largest absolute Gasteiger partial charge is 0.446 e. The van der Waals surface area contributed by atoms with Crippen molar-refractivity contribution < 1.29 is 56.8 Å². The van der Waals surface area contributed by atoms with Gasteiger partial charge in [-0.25, -0.2) is 4.79 Å². The molecule has 2 aromatic rings. The molecule has 0 aliphatic carbocycles. The summed E-state index contributed by atoms with van der Waals surface area (Å²) in [4.78, 5) is 48.7. The highest BCUT2D eigenvalue weighted by Crippen LogP contribution is 2.32. The van der Waals surface area contributed by atoms with Crippen molar-refractivity contribution in [2.75, 3.05) is 27.3 Å². The lowest BCUT2D eigenvalue weighted by atomic mass is 9.85. The zero-order valence-corrected chi connectivity index (χ0v) is 36.1. The molecule has 0 radical (unpaired) electrons. The second-order valence-corrected chi connectivity index (χ2v) is 16.7. The van der Waals surface area contributed by atoms with Crippen LogP contribution in [0.3, 0.4) is 0 Å². The van der Waals surface area contributed by atoms with E-state index in [1.807, 2.05) is 109 Å². The number of rotatable bonds is 16. The third-order valence-corrected chi connectivity index (χ3v) is 10.9. The molecule has 4 rings (SSSR count). The molecule has 2 aliphatic heterocycles. The molecule has 0 aromatic heterocycles. The Bertz CT molecular complexity index is 1550. The van der Waals surface area contributed by atoms with Crippen LogP contribution in [0.1, 0.15) is 110 Å². The summed E-state index contributed by atoms with van der Waals surface area (Å²) < 4.78 is 48.1. The van der Waals surface area contributed by atoms with Crippen LogP contribution in [0.25, 0.3) is 0 Å². The standard InChI is InChI=1S/C24H37NO5.C19H29NO3.C2HF3O/c1-16(21(27)18-11-8-7-9-12-18)15-20(26)17(2)22(29-6)19-13-10-14-25(19)23(28)30-24(3,4)5;1-13(18(22)15-8-5-4-6-9-15)12-17(21)14(2)19(23-3)16-10-7-11-20-16;3-2(4,5)1-6/h7-9,11-12,16-17,19,21-22,27H,10,13-15H2,1-6H3;4-6,8-9,13-14,16,18-20,22H,7,10-12H2,1-3H3;1H/t16-,17-,19-,21+,22+;13-,14-,16-,18+,19+;/m00./s1. The third kappa shape index (κ3) is 17.1. The quantitative estimate of drug-likeness (QED) is 0.143. The summed E-state index contributed by atoms with van der Waals surface area (Å²) in [6.07, 6.45) is -3.45. The number of nitrogens with zero attached hydrogens (tertiary/aromatic N) is 1. The third-order valence-electron chi connectivity index (χ3n) is 10.9. The van der Waals surface area contributed by atoms with Crippen LogP contribution < -0.4 is 5.32 Å². The minimum atomic E-state index is -4.64. The fourth-order valence-electron chi connectivity index (χ4n) is 7.64. The van der Waals surface area contributed by atoms with Gasteiger partial charge in [0.05, 0.1) is 30.5 Å². The van der Waals surface area contributed by atoms with Gasteiger partial charge < -0.3 is 34.6 Å². The number of halogens is 3. The van der Waals surface area contributed by atoms with Crippen molar-refractivity contribution in [3.8, 4) is 0 Å². The van der Waals surface area contributed by atoms with Crippen molar-refractivity contribution in [1.29, 1.82) is 0 Å². The van der Waals surface area contributed by atoms with E-state index in [0.717, 1.165) is 43.4 Å². The zero-order valence-electron chi connectivity index (χ0n) is 36.1. The number of methoxy groups -OCH3 is 2. The first kappa shape index (κ1) is 51.5. The minimum absolute atomic E-state index is 0.0281. The lowest BCUT2D eigenvalue weighted by Gasteiger charge is -2.35. The van der Waals surface area contributed by atoms with Gasteiger partial charge in [-0.3, -0.25) is 14.4 Å². The van der Waals surface area contributed by atoms with Crippen LogP contribution in [-0.4, -0.2) is 102 Å². The number of alkyl halides is 3. The monoisotopic (exact) mass is 836 g/mol. The molecule has 2 aliphatic rings. The van der Waals surface area contributed by atoms with Gasteiger partial charge in [0.25, 0.3) is 0 Å². The first-order valence-corrected chi connectivity index (χ1v) is 20.5. The molecule has 10 atom stereocenters. The van der Waals surface area contributed by atoms with Crippen LogP contribution in [0, 0.1) is 23.7 Å². The Hall–Kier alpha value is -3.69. The smallest absolute Gasteiger partial charge is 0.444 e.